The second-order valence-electron chi connectivity index (χ2n) is 3.92. The summed E-state index contributed by atoms with van der Waals surface area (Å²) < 4.78 is 5.41. The maximum Gasteiger partial charge on any atom is 0.307 e. The molecule has 1 atom stereocenters. The van der Waals surface area contributed by atoms with Crippen LogP contribution in [0.4, 0.5) is 0 Å². The number of hydrogen-bond donors (Lipinski definition) is 1. The number of carboxylic acid groups (broad SMARTS) is 1. The first-order valence-electron chi connectivity index (χ1n) is 5.28. The fourth-order valence-corrected chi connectivity index (χ4v) is 2.52. The largest absolute Gasteiger partial charge is 0.493 e. The van der Waals surface area contributed by atoms with Gasteiger partial charge in [-0.05, 0) is 23.8 Å². The van der Waals surface area contributed by atoms with Gasteiger partial charge in [-0.1, -0.05) is 6.92 Å². The summed E-state index contributed by atoms with van der Waals surface area (Å²) in [7, 11) is 0. The Balaban J connectivity index is 1.98. The van der Waals surface area contributed by atoms with Crippen molar-refractivity contribution in [2.45, 2.75) is 18.2 Å². The Labute approximate surface area is 98.8 Å². The minimum atomic E-state index is -0.739. The predicted molar refractivity (Wildman–Crippen MR) is 63.2 cm³/mol. The highest BCUT2D eigenvalue weighted by Gasteiger charge is 2.14. The van der Waals surface area contributed by atoms with Gasteiger partial charge >= 0.3 is 5.97 Å². The number of carboxylic acids is 1. The Morgan fingerprint density at radius 1 is 1.62 bits per heavy atom. The van der Waals surface area contributed by atoms with Crippen LogP contribution in [0.2, 0.25) is 0 Å². The molecule has 1 unspecified atom stereocenters. The van der Waals surface area contributed by atoms with Crippen LogP contribution in [-0.4, -0.2) is 23.4 Å². The van der Waals surface area contributed by atoms with E-state index in [0.717, 1.165) is 23.7 Å². The van der Waals surface area contributed by atoms with Gasteiger partial charge in [-0.25, -0.2) is 0 Å². The SMILES string of the molecule is CC(CSc1ccc2c(c1)CCO2)C(=O)O. The molecule has 1 aromatic carbocycles. The molecule has 1 heterocycles. The number of fused-ring (bicyclic) bond motifs is 1. The number of thioether (sulfide) groups is 1. The first-order chi connectivity index (χ1) is 7.66. The normalized spacial score (nSPS) is 15.3. The predicted octanol–water partition coefficient (Wildman–Crippen LogP) is 2.43. The molecule has 0 saturated heterocycles. The van der Waals surface area contributed by atoms with Gasteiger partial charge in [0.05, 0.1) is 12.5 Å². The van der Waals surface area contributed by atoms with Crippen molar-refractivity contribution in [1.29, 1.82) is 0 Å². The Morgan fingerprint density at radius 2 is 2.44 bits per heavy atom. The van der Waals surface area contributed by atoms with Crippen LogP contribution < -0.4 is 4.74 Å². The molecule has 1 aliphatic heterocycles. The summed E-state index contributed by atoms with van der Waals surface area (Å²) in [5, 5.41) is 8.78. The van der Waals surface area contributed by atoms with E-state index >= 15 is 0 Å². The van der Waals surface area contributed by atoms with E-state index in [2.05, 4.69) is 6.07 Å². The van der Waals surface area contributed by atoms with Crippen LogP contribution >= 0.6 is 11.8 Å². The molecule has 0 amide bonds. The molecule has 16 heavy (non-hydrogen) atoms. The van der Waals surface area contributed by atoms with E-state index in [4.69, 9.17) is 9.84 Å². The third kappa shape index (κ3) is 2.50. The van der Waals surface area contributed by atoms with Crippen molar-refractivity contribution in [2.75, 3.05) is 12.4 Å². The maximum absolute atomic E-state index is 10.7. The van der Waals surface area contributed by atoms with Crippen molar-refractivity contribution in [2.24, 2.45) is 5.92 Å². The third-order valence-corrected chi connectivity index (χ3v) is 3.84. The minimum Gasteiger partial charge on any atom is -0.493 e. The molecule has 86 valence electrons. The average Bonchev–Trinajstić information content (AvgIpc) is 2.72. The fourth-order valence-electron chi connectivity index (χ4n) is 1.55. The Hall–Kier alpha value is -1.16. The molecular formula is C12H14O3S. The van der Waals surface area contributed by atoms with Gasteiger partial charge in [-0.2, -0.15) is 0 Å². The molecule has 0 bridgehead atoms. The molecule has 0 spiro atoms. The number of benzene rings is 1. The van der Waals surface area contributed by atoms with E-state index in [1.165, 1.54) is 5.56 Å². The quantitative estimate of drug-likeness (QED) is 0.818. The van der Waals surface area contributed by atoms with Crippen LogP contribution in [0.1, 0.15) is 12.5 Å². The molecule has 4 heteroatoms. The molecule has 0 aliphatic carbocycles. The number of ether oxygens (including phenoxy) is 1. The summed E-state index contributed by atoms with van der Waals surface area (Å²) in [6.07, 6.45) is 0.957. The van der Waals surface area contributed by atoms with Gasteiger partial charge in [0.15, 0.2) is 0 Å². The molecule has 0 radical (unpaired) electrons. The van der Waals surface area contributed by atoms with E-state index in [0.29, 0.717) is 5.75 Å². The average molecular weight is 238 g/mol. The molecule has 0 fully saturated rings. The van der Waals surface area contributed by atoms with Crippen LogP contribution in [0.15, 0.2) is 23.1 Å². The number of aliphatic carboxylic acids is 1. The van der Waals surface area contributed by atoms with Crippen molar-refractivity contribution < 1.29 is 14.6 Å². The minimum absolute atomic E-state index is 0.311. The lowest BCUT2D eigenvalue weighted by Gasteiger charge is -2.06. The lowest BCUT2D eigenvalue weighted by molar-refractivity contribution is -0.140. The topological polar surface area (TPSA) is 46.5 Å². The first kappa shape index (κ1) is 11.3. The van der Waals surface area contributed by atoms with E-state index in [1.54, 1.807) is 18.7 Å². The highest BCUT2D eigenvalue weighted by atomic mass is 32.2. The Bertz CT molecular complexity index is 403. The molecule has 1 aromatic rings. The van der Waals surface area contributed by atoms with Crippen LogP contribution in [0.25, 0.3) is 0 Å². The van der Waals surface area contributed by atoms with Crippen LogP contribution in [0.3, 0.4) is 0 Å². The molecular weight excluding hydrogens is 224 g/mol. The van der Waals surface area contributed by atoms with Gasteiger partial charge in [0, 0.05) is 17.1 Å². The van der Waals surface area contributed by atoms with Crippen LogP contribution in [-0.2, 0) is 11.2 Å². The van der Waals surface area contributed by atoms with Crippen molar-refractivity contribution in [3.05, 3.63) is 23.8 Å². The van der Waals surface area contributed by atoms with Crippen molar-refractivity contribution in [1.82, 2.24) is 0 Å². The first-order valence-corrected chi connectivity index (χ1v) is 6.26. The number of carbonyl (C=O) groups is 1. The Morgan fingerprint density at radius 3 is 3.19 bits per heavy atom. The van der Waals surface area contributed by atoms with Crippen LogP contribution in [0.5, 0.6) is 5.75 Å². The summed E-state index contributed by atoms with van der Waals surface area (Å²) >= 11 is 1.59. The molecule has 2 rings (SSSR count). The smallest absolute Gasteiger partial charge is 0.307 e. The van der Waals surface area contributed by atoms with E-state index < -0.39 is 5.97 Å². The standard InChI is InChI=1S/C12H14O3S/c1-8(12(13)14)7-16-10-2-3-11-9(6-10)4-5-15-11/h2-3,6,8H,4-5,7H2,1H3,(H,13,14). The van der Waals surface area contributed by atoms with Crippen molar-refractivity contribution in [3.63, 3.8) is 0 Å². The van der Waals surface area contributed by atoms with Crippen molar-refractivity contribution in [3.8, 4) is 5.75 Å². The van der Waals surface area contributed by atoms with Crippen LogP contribution in [0, 0.1) is 5.92 Å². The molecule has 3 nitrogen and oxygen atoms in total. The monoisotopic (exact) mass is 238 g/mol. The van der Waals surface area contributed by atoms with Gasteiger partial charge in [0.1, 0.15) is 5.75 Å². The van der Waals surface area contributed by atoms with E-state index in [9.17, 15) is 4.79 Å². The van der Waals surface area contributed by atoms with Gasteiger partial charge in [0.2, 0.25) is 0 Å². The zero-order valence-electron chi connectivity index (χ0n) is 9.10. The second kappa shape index (κ2) is 4.78. The zero-order chi connectivity index (χ0) is 11.5. The fraction of sp³-hybridized carbons (Fsp3) is 0.417. The highest BCUT2D eigenvalue weighted by molar-refractivity contribution is 7.99. The van der Waals surface area contributed by atoms with E-state index in [1.807, 2.05) is 12.1 Å². The lowest BCUT2D eigenvalue weighted by Crippen LogP contribution is -2.11. The Kier molecular flexibility index (Phi) is 3.39. The van der Waals surface area contributed by atoms with Gasteiger partial charge in [-0.15, -0.1) is 11.8 Å². The summed E-state index contributed by atoms with van der Waals surface area (Å²) in [6, 6.07) is 6.06. The van der Waals surface area contributed by atoms with Gasteiger partial charge in [0.25, 0.3) is 0 Å². The van der Waals surface area contributed by atoms with Gasteiger partial charge in [-0.3, -0.25) is 4.79 Å². The summed E-state index contributed by atoms with van der Waals surface area (Å²) in [6.45, 7) is 2.49. The zero-order valence-corrected chi connectivity index (χ0v) is 9.92. The molecule has 1 aliphatic rings. The summed E-state index contributed by atoms with van der Waals surface area (Å²) in [5.74, 6) is 0.525. The molecule has 0 saturated carbocycles. The number of hydrogen-bond acceptors (Lipinski definition) is 3. The third-order valence-electron chi connectivity index (χ3n) is 2.58. The highest BCUT2D eigenvalue weighted by Crippen LogP contribution is 2.30. The molecule has 0 aromatic heterocycles. The van der Waals surface area contributed by atoms with Gasteiger partial charge < -0.3 is 9.84 Å². The second-order valence-corrected chi connectivity index (χ2v) is 5.01. The van der Waals surface area contributed by atoms with E-state index in [-0.39, 0.29) is 5.92 Å². The summed E-state index contributed by atoms with van der Waals surface area (Å²) in [5.41, 5.74) is 1.23. The lowest BCUT2D eigenvalue weighted by atomic mass is 10.2. The van der Waals surface area contributed by atoms with Crippen molar-refractivity contribution >= 4 is 17.7 Å². The number of rotatable bonds is 4. The molecule has 1 N–H and O–H groups in total. The maximum atomic E-state index is 10.7. The summed E-state index contributed by atoms with van der Waals surface area (Å²) in [4.78, 5) is 11.8.